The maximum atomic E-state index is 12.8. The average Bonchev–Trinajstić information content (AvgIpc) is 3.08. The van der Waals surface area contributed by atoms with E-state index in [1.54, 1.807) is 0 Å². The summed E-state index contributed by atoms with van der Waals surface area (Å²) in [5, 5.41) is 3.84. The van der Waals surface area contributed by atoms with E-state index in [9.17, 15) is 4.79 Å². The van der Waals surface area contributed by atoms with E-state index in [0.717, 1.165) is 34.7 Å². The van der Waals surface area contributed by atoms with E-state index in [2.05, 4.69) is 29.3 Å². The largest absolute Gasteiger partial charge is 0.365 e. The zero-order valence-electron chi connectivity index (χ0n) is 14.0. The molecule has 0 radical (unpaired) electrons. The second-order valence-corrected chi connectivity index (χ2v) is 7.43. The van der Waals surface area contributed by atoms with Gasteiger partial charge in [0.1, 0.15) is 4.88 Å². The van der Waals surface area contributed by atoms with E-state index in [1.807, 2.05) is 18.9 Å². The number of nitrogens with zero attached hydrogens (tertiary/aromatic N) is 3. The Labute approximate surface area is 154 Å². The molecule has 0 aromatic carbocycles. The fraction of sp³-hybridized carbons (Fsp3) is 0.733. The number of anilines is 1. The molecule has 1 aliphatic heterocycles. The summed E-state index contributed by atoms with van der Waals surface area (Å²) in [7, 11) is 6.10. The van der Waals surface area contributed by atoms with Crippen molar-refractivity contribution in [3.63, 3.8) is 0 Å². The Morgan fingerprint density at radius 2 is 1.96 bits per heavy atom. The number of halogens is 2. The first kappa shape index (κ1) is 20.5. The van der Waals surface area contributed by atoms with Gasteiger partial charge in [-0.05, 0) is 45.7 Å². The van der Waals surface area contributed by atoms with Gasteiger partial charge in [-0.25, -0.2) is 4.98 Å². The molecule has 2 heterocycles. The number of thiazole rings is 1. The highest BCUT2D eigenvalue weighted by atomic mass is 35.5. The van der Waals surface area contributed by atoms with Crippen LogP contribution in [0.15, 0.2) is 0 Å². The van der Waals surface area contributed by atoms with Gasteiger partial charge in [0.05, 0.1) is 5.69 Å². The second-order valence-electron chi connectivity index (χ2n) is 6.43. The predicted molar refractivity (Wildman–Crippen MR) is 100 cm³/mol. The van der Waals surface area contributed by atoms with E-state index in [0.29, 0.717) is 12.0 Å². The van der Waals surface area contributed by atoms with Crippen molar-refractivity contribution in [1.29, 1.82) is 0 Å². The molecule has 2 aliphatic rings. The zero-order valence-corrected chi connectivity index (χ0v) is 16.5. The summed E-state index contributed by atoms with van der Waals surface area (Å²) in [5.74, 6) is 1.62. The normalized spacial score (nSPS) is 23.4. The van der Waals surface area contributed by atoms with Gasteiger partial charge in [-0.2, -0.15) is 0 Å². The van der Waals surface area contributed by atoms with Crippen LogP contribution in [0.3, 0.4) is 0 Å². The number of carbonyl (C=O) groups is 1. The smallest absolute Gasteiger partial charge is 0.265 e. The minimum Gasteiger partial charge on any atom is -0.365 e. The van der Waals surface area contributed by atoms with Crippen molar-refractivity contribution in [2.45, 2.75) is 25.8 Å². The zero-order chi connectivity index (χ0) is 15.1. The SMILES string of the molecule is CNc1nc(C)c(C(=O)N2C[C@H](C3CC3)[C@@H](N(C)C)C2)s1.Cl.Cl. The minimum atomic E-state index is 0. The molecule has 2 atom stereocenters. The average molecular weight is 381 g/mol. The van der Waals surface area contributed by atoms with Gasteiger partial charge in [0.2, 0.25) is 0 Å². The summed E-state index contributed by atoms with van der Waals surface area (Å²) in [6.07, 6.45) is 2.67. The number of aromatic nitrogens is 1. The Hall–Kier alpha value is -0.560. The highest BCUT2D eigenvalue weighted by Gasteiger charge is 2.45. The van der Waals surface area contributed by atoms with Gasteiger partial charge in [0.15, 0.2) is 5.13 Å². The van der Waals surface area contributed by atoms with Crippen molar-refractivity contribution in [2.24, 2.45) is 11.8 Å². The molecule has 1 N–H and O–H groups in total. The lowest BCUT2D eigenvalue weighted by molar-refractivity contribution is 0.0784. The number of rotatable bonds is 4. The van der Waals surface area contributed by atoms with Crippen LogP contribution in [-0.4, -0.2) is 61.0 Å². The van der Waals surface area contributed by atoms with Gasteiger partial charge in [0, 0.05) is 26.2 Å². The van der Waals surface area contributed by atoms with Crippen molar-refractivity contribution in [3.05, 3.63) is 10.6 Å². The highest BCUT2D eigenvalue weighted by Crippen LogP contribution is 2.43. The number of aryl methyl sites for hydroxylation is 1. The number of likely N-dealkylation sites (N-methyl/N-ethyl adjacent to an activating group) is 1. The van der Waals surface area contributed by atoms with Crippen LogP contribution in [0.2, 0.25) is 0 Å². The Bertz CT molecular complexity index is 538. The van der Waals surface area contributed by atoms with Crippen LogP contribution >= 0.6 is 36.2 Å². The quantitative estimate of drug-likeness (QED) is 0.872. The van der Waals surface area contributed by atoms with Crippen LogP contribution in [0.5, 0.6) is 0 Å². The molecular weight excluding hydrogens is 355 g/mol. The first-order valence-electron chi connectivity index (χ1n) is 7.62. The van der Waals surface area contributed by atoms with Gasteiger partial charge < -0.3 is 15.1 Å². The fourth-order valence-electron chi connectivity index (χ4n) is 3.36. The van der Waals surface area contributed by atoms with Crippen LogP contribution in [-0.2, 0) is 0 Å². The first-order chi connectivity index (χ1) is 10.0. The second kappa shape index (κ2) is 8.01. The number of hydrogen-bond acceptors (Lipinski definition) is 5. The molecule has 0 unspecified atom stereocenters. The molecule has 1 aromatic rings. The topological polar surface area (TPSA) is 48.5 Å². The standard InChI is InChI=1S/C15H24N4OS.2ClH/c1-9-13(21-15(16-2)17-9)14(20)19-7-11(10-5-6-10)12(8-19)18(3)4;;/h10-12H,5-8H2,1-4H3,(H,16,17);2*1H/t11-,12+;;/m1../s1. The lowest BCUT2D eigenvalue weighted by Gasteiger charge is -2.24. The van der Waals surface area contributed by atoms with Crippen LogP contribution in [0, 0.1) is 18.8 Å². The summed E-state index contributed by atoms with van der Waals surface area (Å²) in [6, 6.07) is 0.499. The number of hydrogen-bond donors (Lipinski definition) is 1. The monoisotopic (exact) mass is 380 g/mol. The summed E-state index contributed by atoms with van der Waals surface area (Å²) < 4.78 is 0. The lowest BCUT2D eigenvalue weighted by Crippen LogP contribution is -2.36. The van der Waals surface area contributed by atoms with Crippen LogP contribution in [0.4, 0.5) is 5.13 Å². The van der Waals surface area contributed by atoms with Crippen molar-refractivity contribution in [1.82, 2.24) is 14.8 Å². The third-order valence-electron chi connectivity index (χ3n) is 4.72. The van der Waals surface area contributed by atoms with Gasteiger partial charge in [-0.1, -0.05) is 11.3 Å². The lowest BCUT2D eigenvalue weighted by atomic mass is 9.97. The molecule has 0 bridgehead atoms. The number of amides is 1. The molecule has 3 rings (SSSR count). The number of carbonyl (C=O) groups excluding carboxylic acids is 1. The van der Waals surface area contributed by atoms with Crippen LogP contribution in [0.25, 0.3) is 0 Å². The predicted octanol–water partition coefficient (Wildman–Crippen LogP) is 2.75. The molecule has 1 saturated heterocycles. The summed E-state index contributed by atoms with van der Waals surface area (Å²) in [5.41, 5.74) is 0.839. The molecule has 132 valence electrons. The van der Waals surface area contributed by atoms with E-state index >= 15 is 0 Å². The molecular formula is C15H26Cl2N4OS. The molecule has 1 aromatic heterocycles. The Kier molecular flexibility index (Phi) is 7.13. The minimum absolute atomic E-state index is 0. The van der Waals surface area contributed by atoms with Gasteiger partial charge in [-0.15, -0.1) is 24.8 Å². The molecule has 1 saturated carbocycles. The van der Waals surface area contributed by atoms with E-state index in [1.165, 1.54) is 24.2 Å². The van der Waals surface area contributed by atoms with E-state index in [4.69, 9.17) is 0 Å². The Morgan fingerprint density at radius 3 is 2.43 bits per heavy atom. The summed E-state index contributed by atoms with van der Waals surface area (Å²) in [6.45, 7) is 3.67. The van der Waals surface area contributed by atoms with Gasteiger partial charge >= 0.3 is 0 Å². The summed E-state index contributed by atoms with van der Waals surface area (Å²) >= 11 is 1.46. The molecule has 8 heteroatoms. The number of nitrogens with one attached hydrogen (secondary N) is 1. The van der Waals surface area contributed by atoms with Crippen molar-refractivity contribution in [3.8, 4) is 0 Å². The first-order valence-corrected chi connectivity index (χ1v) is 8.43. The molecule has 1 aliphatic carbocycles. The van der Waals surface area contributed by atoms with E-state index < -0.39 is 0 Å². The summed E-state index contributed by atoms with van der Waals surface area (Å²) in [4.78, 5) is 22.3. The van der Waals surface area contributed by atoms with Gasteiger partial charge in [0.25, 0.3) is 5.91 Å². The van der Waals surface area contributed by atoms with Crippen LogP contribution in [0.1, 0.15) is 28.2 Å². The molecule has 2 fully saturated rings. The molecule has 5 nitrogen and oxygen atoms in total. The maximum absolute atomic E-state index is 12.8. The van der Waals surface area contributed by atoms with Crippen molar-refractivity contribution < 1.29 is 4.79 Å². The fourth-order valence-corrected chi connectivity index (χ4v) is 4.24. The van der Waals surface area contributed by atoms with Crippen LogP contribution < -0.4 is 5.32 Å². The van der Waals surface area contributed by atoms with Crippen molar-refractivity contribution in [2.75, 3.05) is 39.5 Å². The molecule has 1 amide bonds. The van der Waals surface area contributed by atoms with Gasteiger partial charge in [-0.3, -0.25) is 4.79 Å². The van der Waals surface area contributed by atoms with E-state index in [-0.39, 0.29) is 30.7 Å². The highest BCUT2D eigenvalue weighted by molar-refractivity contribution is 7.17. The Balaban J connectivity index is 0.00000132. The molecule has 0 spiro atoms. The van der Waals surface area contributed by atoms with Crippen molar-refractivity contribution >= 4 is 47.2 Å². The Morgan fingerprint density at radius 1 is 1.30 bits per heavy atom. The molecule has 23 heavy (non-hydrogen) atoms. The number of likely N-dealkylation sites (tertiary alicyclic amines) is 1. The third-order valence-corrected chi connectivity index (χ3v) is 5.88. The maximum Gasteiger partial charge on any atom is 0.265 e. The third kappa shape index (κ3) is 4.10.